The number of hydrogen-bond acceptors (Lipinski definition) is 2. The highest BCUT2D eigenvalue weighted by Crippen LogP contribution is 2.38. The number of aryl methyl sites for hydroxylation is 1. The van der Waals surface area contributed by atoms with Crippen LogP contribution in [0.15, 0.2) is 18.2 Å². The Kier molecular flexibility index (Phi) is 3.10. The van der Waals surface area contributed by atoms with Crippen LogP contribution >= 0.6 is 0 Å². The molecule has 0 aliphatic heterocycles. The van der Waals surface area contributed by atoms with Crippen LogP contribution in [0.1, 0.15) is 28.4 Å². The van der Waals surface area contributed by atoms with E-state index in [0.29, 0.717) is 18.8 Å². The van der Waals surface area contributed by atoms with Crippen LogP contribution in [0.5, 0.6) is 0 Å². The topological polar surface area (TPSA) is 37.3 Å². The third-order valence-corrected chi connectivity index (χ3v) is 2.35. The number of carbonyl (C=O) groups is 1. The van der Waals surface area contributed by atoms with Gasteiger partial charge in [-0.05, 0) is 31.5 Å². The van der Waals surface area contributed by atoms with Crippen molar-refractivity contribution in [1.82, 2.24) is 0 Å². The quantitative estimate of drug-likeness (QED) is 0.796. The van der Waals surface area contributed by atoms with Crippen molar-refractivity contribution in [2.24, 2.45) is 0 Å². The molecule has 0 aliphatic carbocycles. The molecule has 88 valence electrons. The minimum atomic E-state index is -4.78. The van der Waals surface area contributed by atoms with E-state index in [0.717, 1.165) is 6.07 Å². The van der Waals surface area contributed by atoms with Gasteiger partial charge >= 0.3 is 6.18 Å². The van der Waals surface area contributed by atoms with E-state index < -0.39 is 11.8 Å². The molecule has 0 spiro atoms. The van der Waals surface area contributed by atoms with Gasteiger partial charge in [-0.1, -0.05) is 11.6 Å². The van der Waals surface area contributed by atoms with Crippen LogP contribution in [-0.2, 0) is 5.60 Å². The highest BCUT2D eigenvalue weighted by Gasteiger charge is 2.51. The number of benzene rings is 1. The highest BCUT2D eigenvalue weighted by molar-refractivity contribution is 5.75. The second-order valence-corrected chi connectivity index (χ2v) is 3.82. The van der Waals surface area contributed by atoms with Crippen molar-refractivity contribution in [3.63, 3.8) is 0 Å². The van der Waals surface area contributed by atoms with E-state index in [1.165, 1.54) is 12.1 Å². The molecular weight excluding hydrogens is 221 g/mol. The molecule has 0 saturated carbocycles. The zero-order chi connectivity index (χ0) is 12.6. The van der Waals surface area contributed by atoms with Crippen molar-refractivity contribution in [1.29, 1.82) is 0 Å². The molecule has 0 aliphatic rings. The number of halogens is 3. The maximum Gasteiger partial charge on any atom is 0.421 e. The lowest BCUT2D eigenvalue weighted by Crippen LogP contribution is -2.39. The van der Waals surface area contributed by atoms with Gasteiger partial charge in [0, 0.05) is 5.56 Å². The Hall–Kier alpha value is -1.36. The Labute approximate surface area is 90.7 Å². The zero-order valence-electron chi connectivity index (χ0n) is 8.80. The Bertz CT molecular complexity index is 408. The number of alkyl halides is 3. The molecule has 1 unspecified atom stereocenters. The summed E-state index contributed by atoms with van der Waals surface area (Å²) in [5, 5.41) is 9.43. The van der Waals surface area contributed by atoms with Gasteiger partial charge in [-0.15, -0.1) is 0 Å². The van der Waals surface area contributed by atoms with Crippen LogP contribution in [0.25, 0.3) is 0 Å². The molecule has 16 heavy (non-hydrogen) atoms. The van der Waals surface area contributed by atoms with Gasteiger partial charge in [-0.3, -0.25) is 4.79 Å². The Morgan fingerprint density at radius 2 is 1.81 bits per heavy atom. The highest BCUT2D eigenvalue weighted by atomic mass is 19.4. The lowest BCUT2D eigenvalue weighted by atomic mass is 9.92. The number of hydrogen-bond donors (Lipinski definition) is 1. The average molecular weight is 232 g/mol. The number of carbonyl (C=O) groups excluding carboxylic acids is 1. The Morgan fingerprint density at radius 1 is 1.25 bits per heavy atom. The first kappa shape index (κ1) is 12.7. The maximum atomic E-state index is 12.5. The smallest absolute Gasteiger partial charge is 0.376 e. The minimum Gasteiger partial charge on any atom is -0.376 e. The van der Waals surface area contributed by atoms with Crippen LogP contribution < -0.4 is 0 Å². The molecule has 1 aromatic rings. The van der Waals surface area contributed by atoms with Gasteiger partial charge in [-0.25, -0.2) is 0 Å². The lowest BCUT2D eigenvalue weighted by Gasteiger charge is -2.27. The fourth-order valence-electron chi connectivity index (χ4n) is 1.33. The molecule has 1 aromatic carbocycles. The minimum absolute atomic E-state index is 0.111. The fourth-order valence-corrected chi connectivity index (χ4v) is 1.33. The molecule has 0 radical (unpaired) electrons. The molecule has 0 saturated heterocycles. The van der Waals surface area contributed by atoms with Crippen molar-refractivity contribution in [3.8, 4) is 0 Å². The zero-order valence-corrected chi connectivity index (χ0v) is 8.80. The van der Waals surface area contributed by atoms with Crippen LogP contribution in [0.4, 0.5) is 13.2 Å². The standard InChI is InChI=1S/C11H11F3O2/c1-7-3-8(6-15)5-9(4-7)10(2,16)11(12,13)14/h3-6,16H,1-2H3. The van der Waals surface area contributed by atoms with Gasteiger partial charge in [0.25, 0.3) is 0 Å². The molecule has 1 atom stereocenters. The molecule has 0 aromatic heterocycles. The van der Waals surface area contributed by atoms with E-state index in [1.54, 1.807) is 6.92 Å². The fraction of sp³-hybridized carbons (Fsp3) is 0.364. The van der Waals surface area contributed by atoms with E-state index in [1.807, 2.05) is 0 Å². The van der Waals surface area contributed by atoms with Crippen molar-refractivity contribution >= 4 is 6.29 Å². The molecular formula is C11H11F3O2. The molecule has 0 heterocycles. The van der Waals surface area contributed by atoms with Crippen molar-refractivity contribution in [3.05, 3.63) is 34.9 Å². The van der Waals surface area contributed by atoms with E-state index in [4.69, 9.17) is 0 Å². The molecule has 1 N–H and O–H groups in total. The van der Waals surface area contributed by atoms with E-state index >= 15 is 0 Å². The number of rotatable bonds is 2. The predicted octanol–water partition coefficient (Wildman–Crippen LogP) is 2.58. The van der Waals surface area contributed by atoms with E-state index in [2.05, 4.69) is 0 Å². The van der Waals surface area contributed by atoms with Crippen LogP contribution in [0.3, 0.4) is 0 Å². The molecule has 0 fully saturated rings. The summed E-state index contributed by atoms with van der Waals surface area (Å²) >= 11 is 0. The molecule has 2 nitrogen and oxygen atoms in total. The lowest BCUT2D eigenvalue weighted by molar-refractivity contribution is -0.258. The summed E-state index contributed by atoms with van der Waals surface area (Å²) in [6.07, 6.45) is -4.33. The molecule has 0 bridgehead atoms. The summed E-state index contributed by atoms with van der Waals surface area (Å²) in [5.74, 6) is 0. The first-order chi connectivity index (χ1) is 7.18. The third kappa shape index (κ3) is 2.24. The van der Waals surface area contributed by atoms with Gasteiger partial charge < -0.3 is 5.11 Å². The van der Waals surface area contributed by atoms with Crippen molar-refractivity contribution < 1.29 is 23.1 Å². The molecule has 5 heteroatoms. The number of aliphatic hydroxyl groups is 1. The second-order valence-electron chi connectivity index (χ2n) is 3.82. The first-order valence-electron chi connectivity index (χ1n) is 4.55. The summed E-state index contributed by atoms with van der Waals surface area (Å²) in [6.45, 7) is 2.22. The van der Waals surface area contributed by atoms with Crippen LogP contribution in [0, 0.1) is 6.92 Å². The third-order valence-electron chi connectivity index (χ3n) is 2.35. The van der Waals surface area contributed by atoms with Gasteiger partial charge in [-0.2, -0.15) is 13.2 Å². The Balaban J connectivity index is 3.33. The summed E-state index contributed by atoms with van der Waals surface area (Å²) < 4.78 is 37.6. The summed E-state index contributed by atoms with van der Waals surface area (Å²) in [5.41, 5.74) is -2.68. The van der Waals surface area contributed by atoms with Crippen molar-refractivity contribution in [2.75, 3.05) is 0 Å². The largest absolute Gasteiger partial charge is 0.421 e. The Morgan fingerprint density at radius 3 is 2.25 bits per heavy atom. The maximum absolute atomic E-state index is 12.5. The number of aldehydes is 1. The summed E-state index contributed by atoms with van der Waals surface area (Å²) in [7, 11) is 0. The van der Waals surface area contributed by atoms with E-state index in [9.17, 15) is 23.1 Å². The van der Waals surface area contributed by atoms with Gasteiger partial charge in [0.15, 0.2) is 5.60 Å². The van der Waals surface area contributed by atoms with Gasteiger partial charge in [0.05, 0.1) is 0 Å². The summed E-state index contributed by atoms with van der Waals surface area (Å²) in [6, 6.07) is 3.69. The van der Waals surface area contributed by atoms with E-state index in [-0.39, 0.29) is 11.1 Å². The first-order valence-corrected chi connectivity index (χ1v) is 4.55. The molecule has 0 amide bonds. The van der Waals surface area contributed by atoms with Gasteiger partial charge in [0.1, 0.15) is 6.29 Å². The summed E-state index contributed by atoms with van der Waals surface area (Å²) in [4.78, 5) is 10.5. The normalized spacial score (nSPS) is 15.6. The second kappa shape index (κ2) is 3.90. The van der Waals surface area contributed by atoms with Crippen molar-refractivity contribution in [2.45, 2.75) is 25.6 Å². The average Bonchev–Trinajstić information content (AvgIpc) is 2.15. The SMILES string of the molecule is Cc1cc(C=O)cc(C(C)(O)C(F)(F)F)c1. The predicted molar refractivity (Wildman–Crippen MR) is 52.2 cm³/mol. The van der Waals surface area contributed by atoms with Crippen LogP contribution in [-0.4, -0.2) is 17.6 Å². The van der Waals surface area contributed by atoms with Gasteiger partial charge in [0.2, 0.25) is 0 Å². The van der Waals surface area contributed by atoms with Crippen LogP contribution in [0.2, 0.25) is 0 Å². The monoisotopic (exact) mass is 232 g/mol. The molecule has 1 rings (SSSR count).